The van der Waals surface area contributed by atoms with Crippen LogP contribution in [0.15, 0.2) is 40.9 Å². The van der Waals surface area contributed by atoms with Gasteiger partial charge in [-0.15, -0.1) is 0 Å². The lowest BCUT2D eigenvalue weighted by Gasteiger charge is -2.05. The van der Waals surface area contributed by atoms with Crippen molar-refractivity contribution in [2.45, 2.75) is 0 Å². The Kier molecular flexibility index (Phi) is 3.42. The van der Waals surface area contributed by atoms with Gasteiger partial charge in [0.15, 0.2) is 0 Å². The summed E-state index contributed by atoms with van der Waals surface area (Å²) in [5.41, 5.74) is 5.45. The van der Waals surface area contributed by atoms with Crippen LogP contribution < -0.4 is 10.5 Å². The summed E-state index contributed by atoms with van der Waals surface area (Å²) in [6.07, 6.45) is 0. The van der Waals surface area contributed by atoms with E-state index in [9.17, 15) is 10.1 Å². The summed E-state index contributed by atoms with van der Waals surface area (Å²) in [6.45, 7) is 0. The zero-order chi connectivity index (χ0) is 13.1. The predicted octanol–water partition coefficient (Wildman–Crippen LogP) is 3.13. The average Bonchev–Trinajstić information content (AvgIpc) is 2.28. The van der Waals surface area contributed by atoms with E-state index in [0.29, 0.717) is 16.0 Å². The molecule has 0 spiro atoms. The second kappa shape index (κ2) is 5.01. The minimum atomic E-state index is -0.496. The van der Waals surface area contributed by atoms with Crippen molar-refractivity contribution < 1.29 is 9.66 Å². The van der Waals surface area contributed by atoms with Gasteiger partial charge < -0.3 is 10.5 Å². The number of aromatic nitrogens is 1. The molecular weight excluding hydrogens is 302 g/mol. The van der Waals surface area contributed by atoms with Crippen LogP contribution in [-0.4, -0.2) is 9.91 Å². The van der Waals surface area contributed by atoms with Crippen LogP contribution in [0.1, 0.15) is 0 Å². The highest BCUT2D eigenvalue weighted by Crippen LogP contribution is 2.29. The molecule has 2 rings (SSSR count). The molecule has 1 aromatic carbocycles. The van der Waals surface area contributed by atoms with Gasteiger partial charge in [0.25, 0.3) is 5.69 Å². The molecule has 0 aliphatic rings. The Morgan fingerprint density at radius 2 is 2.11 bits per heavy atom. The Morgan fingerprint density at radius 3 is 2.78 bits per heavy atom. The van der Waals surface area contributed by atoms with E-state index < -0.39 is 4.92 Å². The van der Waals surface area contributed by atoms with Crippen molar-refractivity contribution in [3.63, 3.8) is 0 Å². The van der Waals surface area contributed by atoms with E-state index in [1.54, 1.807) is 24.3 Å². The third-order valence-corrected chi connectivity index (χ3v) is 2.49. The molecule has 6 nitrogen and oxygen atoms in total. The molecule has 0 unspecified atom stereocenters. The molecule has 0 aliphatic carbocycles. The summed E-state index contributed by atoms with van der Waals surface area (Å²) in [4.78, 5) is 14.2. The van der Waals surface area contributed by atoms with Crippen molar-refractivity contribution in [2.75, 3.05) is 5.73 Å². The third kappa shape index (κ3) is 2.95. The maximum Gasteiger partial charge on any atom is 0.274 e. The fourth-order valence-corrected chi connectivity index (χ4v) is 1.78. The van der Waals surface area contributed by atoms with Crippen LogP contribution in [0.2, 0.25) is 0 Å². The highest BCUT2D eigenvalue weighted by molar-refractivity contribution is 9.10. The van der Waals surface area contributed by atoms with Crippen LogP contribution >= 0.6 is 15.9 Å². The zero-order valence-electron chi connectivity index (χ0n) is 9.04. The Balaban J connectivity index is 2.31. The second-order valence-electron chi connectivity index (χ2n) is 3.40. The number of benzene rings is 1. The van der Waals surface area contributed by atoms with E-state index in [1.165, 1.54) is 12.1 Å². The van der Waals surface area contributed by atoms with Crippen LogP contribution in [0.3, 0.4) is 0 Å². The van der Waals surface area contributed by atoms with Crippen molar-refractivity contribution >= 4 is 27.4 Å². The van der Waals surface area contributed by atoms with Gasteiger partial charge in [-0.25, -0.2) is 0 Å². The minimum Gasteiger partial charge on any atom is -0.439 e. The highest BCUT2D eigenvalue weighted by atomic mass is 79.9. The van der Waals surface area contributed by atoms with Gasteiger partial charge in [-0.2, -0.15) is 4.98 Å². The minimum absolute atomic E-state index is 0.0664. The first-order valence-corrected chi connectivity index (χ1v) is 5.69. The fraction of sp³-hybridized carbons (Fsp3) is 0. The van der Waals surface area contributed by atoms with E-state index in [1.807, 2.05) is 0 Å². The van der Waals surface area contributed by atoms with Gasteiger partial charge in [0, 0.05) is 16.6 Å². The van der Waals surface area contributed by atoms with E-state index in [4.69, 9.17) is 10.5 Å². The quantitative estimate of drug-likeness (QED) is 0.694. The maximum atomic E-state index is 10.7. The lowest BCUT2D eigenvalue weighted by Crippen LogP contribution is -1.94. The molecule has 0 atom stereocenters. The molecule has 0 saturated carbocycles. The first-order valence-electron chi connectivity index (χ1n) is 4.90. The van der Waals surface area contributed by atoms with E-state index >= 15 is 0 Å². The van der Waals surface area contributed by atoms with Crippen molar-refractivity contribution in [3.8, 4) is 11.6 Å². The van der Waals surface area contributed by atoms with Crippen LogP contribution in [0.5, 0.6) is 11.6 Å². The van der Waals surface area contributed by atoms with Gasteiger partial charge in [-0.3, -0.25) is 10.1 Å². The van der Waals surface area contributed by atoms with Crippen molar-refractivity contribution in [3.05, 3.63) is 51.0 Å². The number of ether oxygens (including phenoxy) is 1. The molecule has 92 valence electrons. The van der Waals surface area contributed by atoms with E-state index in [-0.39, 0.29) is 11.6 Å². The van der Waals surface area contributed by atoms with Gasteiger partial charge >= 0.3 is 0 Å². The Bertz CT molecular complexity index is 604. The van der Waals surface area contributed by atoms with Crippen molar-refractivity contribution in [1.29, 1.82) is 0 Å². The number of halogens is 1. The van der Waals surface area contributed by atoms with Gasteiger partial charge in [-0.05, 0) is 12.1 Å². The number of rotatable bonds is 3. The molecule has 0 saturated heterocycles. The number of nitrogens with zero attached hydrogens (tertiary/aromatic N) is 2. The summed E-state index contributed by atoms with van der Waals surface area (Å²) >= 11 is 3.18. The molecule has 0 amide bonds. The predicted molar refractivity (Wildman–Crippen MR) is 69.5 cm³/mol. The van der Waals surface area contributed by atoms with Crippen LogP contribution in [0, 0.1) is 10.1 Å². The molecule has 1 heterocycles. The first-order chi connectivity index (χ1) is 8.54. The molecule has 2 N–H and O–H groups in total. The lowest BCUT2D eigenvalue weighted by atomic mass is 10.3. The number of nitro benzene ring substituents is 1. The number of hydrogen-bond acceptors (Lipinski definition) is 5. The molecule has 0 radical (unpaired) electrons. The molecule has 1 aromatic heterocycles. The SMILES string of the molecule is Nc1cccc(Oc2cc(Br)cc([N+](=O)[O-])c2)n1. The standard InChI is InChI=1S/C11H8BrN3O3/c12-7-4-8(15(16)17)6-9(5-7)18-11-3-1-2-10(13)14-11/h1-6H,(H2,13,14). The second-order valence-corrected chi connectivity index (χ2v) is 4.32. The largest absolute Gasteiger partial charge is 0.439 e. The smallest absolute Gasteiger partial charge is 0.274 e. The van der Waals surface area contributed by atoms with Gasteiger partial charge in [0.05, 0.1) is 11.0 Å². The third-order valence-electron chi connectivity index (χ3n) is 2.03. The molecule has 0 fully saturated rings. The number of nitrogens with two attached hydrogens (primary N) is 1. The summed E-state index contributed by atoms with van der Waals surface area (Å²) in [5, 5.41) is 10.7. The normalized spacial score (nSPS) is 10.1. The Hall–Kier alpha value is -2.15. The number of non-ortho nitro benzene ring substituents is 1. The molecule has 18 heavy (non-hydrogen) atoms. The Labute approximate surface area is 111 Å². The summed E-state index contributed by atoms with van der Waals surface area (Å²) in [6, 6.07) is 9.23. The van der Waals surface area contributed by atoms with Gasteiger partial charge in [0.2, 0.25) is 5.88 Å². The lowest BCUT2D eigenvalue weighted by molar-refractivity contribution is -0.385. The van der Waals surface area contributed by atoms with Crippen LogP contribution in [-0.2, 0) is 0 Å². The number of hydrogen-bond donors (Lipinski definition) is 1. The molecule has 2 aromatic rings. The topological polar surface area (TPSA) is 91.3 Å². The highest BCUT2D eigenvalue weighted by Gasteiger charge is 2.10. The van der Waals surface area contributed by atoms with Crippen LogP contribution in [0.25, 0.3) is 0 Å². The number of nitro groups is 1. The van der Waals surface area contributed by atoms with Crippen molar-refractivity contribution in [1.82, 2.24) is 4.98 Å². The van der Waals surface area contributed by atoms with Gasteiger partial charge in [-0.1, -0.05) is 22.0 Å². The zero-order valence-corrected chi connectivity index (χ0v) is 10.6. The van der Waals surface area contributed by atoms with Gasteiger partial charge in [0.1, 0.15) is 11.6 Å². The van der Waals surface area contributed by atoms with E-state index in [2.05, 4.69) is 20.9 Å². The summed E-state index contributed by atoms with van der Waals surface area (Å²) in [7, 11) is 0. The number of pyridine rings is 1. The first kappa shape index (κ1) is 12.3. The Morgan fingerprint density at radius 1 is 1.33 bits per heavy atom. The molecule has 0 aliphatic heterocycles. The maximum absolute atomic E-state index is 10.7. The number of anilines is 1. The molecule has 0 bridgehead atoms. The fourth-order valence-electron chi connectivity index (χ4n) is 1.32. The monoisotopic (exact) mass is 309 g/mol. The number of nitrogen functional groups attached to an aromatic ring is 1. The van der Waals surface area contributed by atoms with Crippen LogP contribution in [0.4, 0.5) is 11.5 Å². The average molecular weight is 310 g/mol. The molecule has 7 heteroatoms. The summed E-state index contributed by atoms with van der Waals surface area (Å²) < 4.78 is 5.96. The van der Waals surface area contributed by atoms with E-state index in [0.717, 1.165) is 0 Å². The summed E-state index contributed by atoms with van der Waals surface area (Å²) in [5.74, 6) is 0.911. The van der Waals surface area contributed by atoms with Crippen molar-refractivity contribution in [2.24, 2.45) is 0 Å². The molecular formula is C11H8BrN3O3.